The van der Waals surface area contributed by atoms with Gasteiger partial charge in [-0.3, -0.25) is 4.90 Å². The Morgan fingerprint density at radius 1 is 1.17 bits per heavy atom. The minimum absolute atomic E-state index is 0.175. The number of aliphatic hydroxyl groups is 1. The van der Waals surface area contributed by atoms with Crippen molar-refractivity contribution in [2.75, 3.05) is 0 Å². The third-order valence-electron chi connectivity index (χ3n) is 4.98. The molecule has 1 aliphatic carbocycles. The molecule has 2 atom stereocenters. The van der Waals surface area contributed by atoms with Crippen LogP contribution in [0.15, 0.2) is 30.3 Å². The number of hydrogen-bond donors (Lipinski definition) is 1. The van der Waals surface area contributed by atoms with Crippen LogP contribution in [0, 0.1) is 17.2 Å². The smallest absolute Gasteiger partial charge is 0.125 e. The monoisotopic (exact) mass is 314 g/mol. The summed E-state index contributed by atoms with van der Waals surface area (Å²) in [4.78, 5) is 2.15. The maximum absolute atomic E-state index is 10.9. The first-order valence-corrected chi connectivity index (χ1v) is 8.82. The zero-order valence-electron chi connectivity index (χ0n) is 14.7. The number of rotatable bonds is 5. The van der Waals surface area contributed by atoms with Crippen LogP contribution >= 0.6 is 0 Å². The van der Waals surface area contributed by atoms with Crippen LogP contribution in [0.25, 0.3) is 0 Å². The predicted molar refractivity (Wildman–Crippen MR) is 93.7 cm³/mol. The molecule has 1 aromatic rings. The maximum Gasteiger partial charge on any atom is 0.125 e. The van der Waals surface area contributed by atoms with E-state index in [-0.39, 0.29) is 11.5 Å². The molecule has 3 nitrogen and oxygen atoms in total. The van der Waals surface area contributed by atoms with Crippen molar-refractivity contribution >= 4 is 0 Å². The lowest BCUT2D eigenvalue weighted by Crippen LogP contribution is -2.53. The Morgan fingerprint density at radius 2 is 1.78 bits per heavy atom. The van der Waals surface area contributed by atoms with Crippen molar-refractivity contribution in [1.82, 2.24) is 4.90 Å². The molecule has 0 unspecified atom stereocenters. The van der Waals surface area contributed by atoms with Gasteiger partial charge in [-0.1, -0.05) is 49.6 Å². The molecule has 0 bridgehead atoms. The Hall–Kier alpha value is -1.37. The summed E-state index contributed by atoms with van der Waals surface area (Å²) in [5.41, 5.74) is 1.00. The molecule has 0 aromatic heterocycles. The lowest BCUT2D eigenvalue weighted by molar-refractivity contribution is -0.0176. The number of nitriles is 1. The molecule has 1 saturated carbocycles. The van der Waals surface area contributed by atoms with Gasteiger partial charge in [0.05, 0.1) is 12.2 Å². The minimum atomic E-state index is -0.566. The molecule has 0 heterocycles. The van der Waals surface area contributed by atoms with Gasteiger partial charge < -0.3 is 5.11 Å². The van der Waals surface area contributed by atoms with Gasteiger partial charge in [0.1, 0.15) is 6.04 Å². The van der Waals surface area contributed by atoms with Crippen LogP contribution in [-0.4, -0.2) is 27.7 Å². The average Bonchev–Trinajstić information content (AvgIpc) is 2.55. The van der Waals surface area contributed by atoms with E-state index >= 15 is 0 Å². The van der Waals surface area contributed by atoms with E-state index in [1.54, 1.807) is 0 Å². The summed E-state index contributed by atoms with van der Waals surface area (Å²) in [5.74, 6) is 0.258. The minimum Gasteiger partial charge on any atom is -0.390 e. The number of hydrogen-bond acceptors (Lipinski definition) is 3. The second kappa shape index (κ2) is 7.95. The van der Waals surface area contributed by atoms with E-state index in [4.69, 9.17) is 0 Å². The van der Waals surface area contributed by atoms with Gasteiger partial charge in [-0.2, -0.15) is 5.26 Å². The Balaban J connectivity index is 2.19. The molecule has 1 aromatic carbocycles. The van der Waals surface area contributed by atoms with Crippen molar-refractivity contribution in [2.24, 2.45) is 5.92 Å². The van der Waals surface area contributed by atoms with Crippen LogP contribution in [0.1, 0.15) is 58.4 Å². The van der Waals surface area contributed by atoms with Crippen LogP contribution in [0.2, 0.25) is 0 Å². The van der Waals surface area contributed by atoms with Crippen LogP contribution in [0.3, 0.4) is 0 Å². The molecule has 3 heteroatoms. The summed E-state index contributed by atoms with van der Waals surface area (Å²) < 4.78 is 0. The fourth-order valence-corrected chi connectivity index (χ4v) is 3.60. The first kappa shape index (κ1) is 18.0. The summed E-state index contributed by atoms with van der Waals surface area (Å²) in [7, 11) is 0. The third kappa shape index (κ3) is 4.80. The van der Waals surface area contributed by atoms with Crippen molar-refractivity contribution in [2.45, 2.75) is 77.1 Å². The second-order valence-electron chi connectivity index (χ2n) is 7.75. The Morgan fingerprint density at radius 3 is 2.30 bits per heavy atom. The quantitative estimate of drug-likeness (QED) is 0.889. The molecular weight excluding hydrogens is 284 g/mol. The first-order chi connectivity index (χ1) is 10.9. The Labute approximate surface area is 140 Å². The highest BCUT2D eigenvalue weighted by Gasteiger charge is 2.37. The number of aliphatic hydroxyl groups excluding tert-OH is 1. The van der Waals surface area contributed by atoms with E-state index in [0.717, 1.165) is 12.8 Å². The topological polar surface area (TPSA) is 47.3 Å². The van der Waals surface area contributed by atoms with Crippen LogP contribution in [0.5, 0.6) is 0 Å². The van der Waals surface area contributed by atoms with E-state index in [1.807, 2.05) is 18.2 Å². The fraction of sp³-hybridized carbons (Fsp3) is 0.650. The largest absolute Gasteiger partial charge is 0.390 e. The molecule has 0 aliphatic heterocycles. The van der Waals surface area contributed by atoms with Crippen molar-refractivity contribution in [3.8, 4) is 6.07 Å². The first-order valence-electron chi connectivity index (χ1n) is 8.82. The standard InChI is InChI=1S/C20H30N2O/c1-20(2,3)22(15-16-10-6-4-7-11-16)18(14-21)19(23)17-12-8-5-9-13-17/h4,6-7,10-11,17-19,23H,5,8-9,12-13,15H2,1-3H3/t18-,19+/m1/s1. The normalized spacial score (nSPS) is 19.3. The molecule has 0 radical (unpaired) electrons. The highest BCUT2D eigenvalue weighted by molar-refractivity contribution is 5.16. The Bertz CT molecular complexity index is 509. The van der Waals surface area contributed by atoms with Gasteiger partial charge in [0, 0.05) is 12.1 Å². The van der Waals surface area contributed by atoms with Crippen molar-refractivity contribution in [3.63, 3.8) is 0 Å². The van der Waals surface area contributed by atoms with Crippen molar-refractivity contribution in [1.29, 1.82) is 5.26 Å². The van der Waals surface area contributed by atoms with E-state index in [2.05, 4.69) is 43.9 Å². The van der Waals surface area contributed by atoms with E-state index in [0.29, 0.717) is 6.54 Å². The summed E-state index contributed by atoms with van der Waals surface area (Å²) in [6.45, 7) is 7.04. The molecule has 1 aliphatic rings. The van der Waals surface area contributed by atoms with Crippen molar-refractivity contribution in [3.05, 3.63) is 35.9 Å². The highest BCUT2D eigenvalue weighted by Crippen LogP contribution is 2.31. The van der Waals surface area contributed by atoms with E-state index in [1.165, 1.54) is 24.8 Å². The van der Waals surface area contributed by atoms with Gasteiger partial charge >= 0.3 is 0 Å². The molecule has 1 fully saturated rings. The molecular formula is C20H30N2O. The molecule has 0 saturated heterocycles. The molecule has 23 heavy (non-hydrogen) atoms. The van der Waals surface area contributed by atoms with Gasteiger partial charge in [-0.15, -0.1) is 0 Å². The highest BCUT2D eigenvalue weighted by atomic mass is 16.3. The molecule has 1 N–H and O–H groups in total. The van der Waals surface area contributed by atoms with Crippen LogP contribution in [-0.2, 0) is 6.54 Å². The van der Waals surface area contributed by atoms with Gasteiger partial charge in [0.25, 0.3) is 0 Å². The van der Waals surface area contributed by atoms with Gasteiger partial charge in [0.15, 0.2) is 0 Å². The molecule has 0 amide bonds. The van der Waals surface area contributed by atoms with Gasteiger partial charge in [-0.05, 0) is 45.1 Å². The van der Waals surface area contributed by atoms with Crippen molar-refractivity contribution < 1.29 is 5.11 Å². The zero-order valence-corrected chi connectivity index (χ0v) is 14.7. The number of nitrogens with zero attached hydrogens (tertiary/aromatic N) is 2. The molecule has 126 valence electrons. The average molecular weight is 314 g/mol. The predicted octanol–water partition coefficient (Wildman–Crippen LogP) is 4.12. The lowest BCUT2D eigenvalue weighted by Gasteiger charge is -2.42. The lowest BCUT2D eigenvalue weighted by atomic mass is 9.81. The van der Waals surface area contributed by atoms with Crippen LogP contribution in [0.4, 0.5) is 0 Å². The molecule has 0 spiro atoms. The Kier molecular flexibility index (Phi) is 6.21. The molecule has 2 rings (SSSR count). The van der Waals surface area contributed by atoms with E-state index < -0.39 is 12.1 Å². The summed E-state index contributed by atoms with van der Waals surface area (Å²) in [6.07, 6.45) is 5.13. The van der Waals surface area contributed by atoms with Gasteiger partial charge in [-0.25, -0.2) is 0 Å². The maximum atomic E-state index is 10.9. The van der Waals surface area contributed by atoms with Gasteiger partial charge in [0.2, 0.25) is 0 Å². The van der Waals surface area contributed by atoms with Crippen LogP contribution < -0.4 is 0 Å². The summed E-state index contributed by atoms with van der Waals surface area (Å²) in [5, 5.41) is 20.7. The summed E-state index contributed by atoms with van der Waals surface area (Å²) in [6, 6.07) is 12.2. The fourth-order valence-electron chi connectivity index (χ4n) is 3.60. The van der Waals surface area contributed by atoms with E-state index in [9.17, 15) is 10.4 Å². The second-order valence-corrected chi connectivity index (χ2v) is 7.75. The zero-order chi connectivity index (χ0) is 16.9. The summed E-state index contributed by atoms with van der Waals surface area (Å²) >= 11 is 0. The number of benzene rings is 1. The third-order valence-corrected chi connectivity index (χ3v) is 4.98. The SMILES string of the molecule is CC(C)(C)N(Cc1ccccc1)[C@H](C#N)[C@@H](O)C1CCCCC1.